The second-order valence-corrected chi connectivity index (χ2v) is 6.60. The number of hydrogen-bond donors (Lipinski definition) is 1. The zero-order chi connectivity index (χ0) is 14.5. The van der Waals surface area contributed by atoms with Gasteiger partial charge in [-0.25, -0.2) is 0 Å². The molecule has 0 aliphatic heterocycles. The first-order chi connectivity index (χ1) is 9.60. The van der Waals surface area contributed by atoms with Crippen molar-refractivity contribution in [3.05, 3.63) is 60.9 Å². The lowest BCUT2D eigenvalue weighted by atomic mass is 10.2. The second-order valence-electron chi connectivity index (χ2n) is 3.97. The Kier molecular flexibility index (Phi) is 5.63. The van der Waals surface area contributed by atoms with Gasteiger partial charge >= 0.3 is 0 Å². The summed E-state index contributed by atoms with van der Waals surface area (Å²) in [4.78, 5) is 0. The molecule has 20 heavy (non-hydrogen) atoms. The lowest BCUT2D eigenvalue weighted by molar-refractivity contribution is 0.302. The smallest absolute Gasteiger partial charge is 0.148 e. The summed E-state index contributed by atoms with van der Waals surface area (Å²) in [5, 5.41) is 11.6. The average molecular weight is 464 g/mol. The summed E-state index contributed by atoms with van der Waals surface area (Å²) in [7, 11) is 0. The maximum absolute atomic E-state index is 8.55. The van der Waals surface area contributed by atoms with E-state index in [4.69, 9.17) is 9.94 Å². The second kappa shape index (κ2) is 7.24. The van der Waals surface area contributed by atoms with Crippen LogP contribution >= 0.6 is 47.8 Å². The first-order valence-electron chi connectivity index (χ1n) is 5.64. The lowest BCUT2D eigenvalue weighted by Gasteiger charge is -2.11. The van der Waals surface area contributed by atoms with Gasteiger partial charge in [0.1, 0.15) is 12.4 Å². The molecule has 0 unspecified atom stereocenters. The van der Waals surface area contributed by atoms with Gasteiger partial charge in [-0.2, -0.15) is 0 Å². The molecule has 0 fully saturated rings. The Balaban J connectivity index is 2.15. The molecule has 1 N–H and O–H groups in total. The normalized spacial score (nSPS) is 10.9. The van der Waals surface area contributed by atoms with Gasteiger partial charge < -0.3 is 9.94 Å². The van der Waals surface area contributed by atoms with E-state index >= 15 is 0 Å². The van der Waals surface area contributed by atoms with Crippen molar-refractivity contribution in [2.24, 2.45) is 5.16 Å². The molecular weight excluding hydrogens is 454 g/mol. The van der Waals surface area contributed by atoms with Gasteiger partial charge in [-0.1, -0.05) is 33.2 Å². The van der Waals surface area contributed by atoms with E-state index in [1.165, 1.54) is 6.21 Å². The Morgan fingerprint density at radius 2 is 1.65 bits per heavy atom. The van der Waals surface area contributed by atoms with Crippen LogP contribution in [0, 0.1) is 0 Å². The van der Waals surface area contributed by atoms with Gasteiger partial charge in [0.15, 0.2) is 0 Å². The number of hydrogen-bond acceptors (Lipinski definition) is 3. The Bertz CT molecular complexity index is 604. The summed E-state index contributed by atoms with van der Waals surface area (Å²) >= 11 is 10.3. The summed E-state index contributed by atoms with van der Waals surface area (Å²) in [5.41, 5.74) is 1.84. The van der Waals surface area contributed by atoms with Crippen LogP contribution in [0.3, 0.4) is 0 Å². The highest BCUT2D eigenvalue weighted by Gasteiger charge is 2.09. The first-order valence-corrected chi connectivity index (χ1v) is 8.02. The van der Waals surface area contributed by atoms with E-state index in [1.807, 2.05) is 36.4 Å². The maximum atomic E-state index is 8.55. The molecule has 104 valence electrons. The van der Waals surface area contributed by atoms with Crippen LogP contribution in [0.2, 0.25) is 0 Å². The van der Waals surface area contributed by atoms with E-state index < -0.39 is 0 Å². The van der Waals surface area contributed by atoms with Crippen LogP contribution in [0.15, 0.2) is 55.0 Å². The quantitative estimate of drug-likeness (QED) is 0.376. The van der Waals surface area contributed by atoms with Crippen LogP contribution in [0.25, 0.3) is 0 Å². The number of ether oxygens (including phenoxy) is 1. The zero-order valence-electron chi connectivity index (χ0n) is 10.2. The number of halogens is 3. The molecular formula is C14H10Br3NO2. The van der Waals surface area contributed by atoms with E-state index in [9.17, 15) is 0 Å². The zero-order valence-corrected chi connectivity index (χ0v) is 14.9. The van der Waals surface area contributed by atoms with Crippen LogP contribution in [-0.4, -0.2) is 11.4 Å². The van der Waals surface area contributed by atoms with Gasteiger partial charge in [-0.15, -0.1) is 0 Å². The minimum Gasteiger partial charge on any atom is -0.487 e. The van der Waals surface area contributed by atoms with Gasteiger partial charge in [0.05, 0.1) is 15.2 Å². The van der Waals surface area contributed by atoms with Crippen LogP contribution in [0.5, 0.6) is 5.75 Å². The lowest BCUT2D eigenvalue weighted by Crippen LogP contribution is -1.97. The molecule has 2 rings (SSSR count). The van der Waals surface area contributed by atoms with Crippen molar-refractivity contribution in [1.29, 1.82) is 0 Å². The SMILES string of the molecule is O/N=C\c1cc(Br)c(OCc2ccc(Br)cc2)c(Br)c1. The highest BCUT2D eigenvalue weighted by Crippen LogP contribution is 2.35. The van der Waals surface area contributed by atoms with E-state index in [0.717, 1.165) is 24.5 Å². The van der Waals surface area contributed by atoms with Crippen LogP contribution in [-0.2, 0) is 6.61 Å². The van der Waals surface area contributed by atoms with E-state index in [1.54, 1.807) is 0 Å². The number of benzene rings is 2. The monoisotopic (exact) mass is 461 g/mol. The Morgan fingerprint density at radius 1 is 1.05 bits per heavy atom. The van der Waals surface area contributed by atoms with Crippen molar-refractivity contribution < 1.29 is 9.94 Å². The van der Waals surface area contributed by atoms with Crippen molar-refractivity contribution in [1.82, 2.24) is 0 Å². The molecule has 0 atom stereocenters. The minimum absolute atomic E-state index is 0.470. The highest BCUT2D eigenvalue weighted by atomic mass is 79.9. The third-order valence-electron chi connectivity index (χ3n) is 2.52. The molecule has 3 nitrogen and oxygen atoms in total. The molecule has 0 saturated heterocycles. The predicted molar refractivity (Wildman–Crippen MR) is 89.7 cm³/mol. The Morgan fingerprint density at radius 3 is 2.20 bits per heavy atom. The van der Waals surface area contributed by atoms with Crippen LogP contribution < -0.4 is 4.74 Å². The van der Waals surface area contributed by atoms with Gasteiger partial charge in [0, 0.05) is 4.47 Å². The summed E-state index contributed by atoms with van der Waals surface area (Å²) in [5.74, 6) is 0.711. The standard InChI is InChI=1S/C14H10Br3NO2/c15-11-3-1-9(2-4-11)8-20-14-12(16)5-10(7-18-19)6-13(14)17/h1-7,19H,8H2/b18-7-. The third-order valence-corrected chi connectivity index (χ3v) is 4.23. The van der Waals surface area contributed by atoms with Gasteiger partial charge in [-0.3, -0.25) is 0 Å². The fourth-order valence-corrected chi connectivity index (χ4v) is 3.31. The molecule has 2 aromatic carbocycles. The number of nitrogens with zero attached hydrogens (tertiary/aromatic N) is 1. The van der Waals surface area contributed by atoms with Crippen molar-refractivity contribution in [2.75, 3.05) is 0 Å². The van der Waals surface area contributed by atoms with Crippen molar-refractivity contribution in [3.8, 4) is 5.75 Å². The number of oxime groups is 1. The fourth-order valence-electron chi connectivity index (χ4n) is 1.59. The van der Waals surface area contributed by atoms with E-state index in [2.05, 4.69) is 52.9 Å². The molecule has 0 bridgehead atoms. The maximum Gasteiger partial charge on any atom is 0.148 e. The van der Waals surface area contributed by atoms with E-state index in [0.29, 0.717) is 12.4 Å². The highest BCUT2D eigenvalue weighted by molar-refractivity contribution is 9.11. The largest absolute Gasteiger partial charge is 0.487 e. The van der Waals surface area contributed by atoms with Crippen molar-refractivity contribution in [3.63, 3.8) is 0 Å². The average Bonchev–Trinajstić information content (AvgIpc) is 2.40. The molecule has 0 spiro atoms. The molecule has 0 amide bonds. The van der Waals surface area contributed by atoms with Gasteiger partial charge in [0.25, 0.3) is 0 Å². The molecule has 0 radical (unpaired) electrons. The molecule has 0 aliphatic carbocycles. The Labute approximate surface area is 142 Å². The molecule has 6 heteroatoms. The Hall–Kier alpha value is -0.850. The molecule has 0 aliphatic rings. The summed E-state index contributed by atoms with van der Waals surface area (Å²) in [6.45, 7) is 0.470. The molecule has 0 saturated carbocycles. The van der Waals surface area contributed by atoms with Gasteiger partial charge in [0.2, 0.25) is 0 Å². The van der Waals surface area contributed by atoms with Crippen molar-refractivity contribution >= 4 is 54.0 Å². The molecule has 0 aromatic heterocycles. The predicted octanol–water partition coefficient (Wildman–Crippen LogP) is 5.36. The van der Waals surface area contributed by atoms with Crippen LogP contribution in [0.4, 0.5) is 0 Å². The van der Waals surface area contributed by atoms with Crippen molar-refractivity contribution in [2.45, 2.75) is 6.61 Å². The first kappa shape index (κ1) is 15.5. The topological polar surface area (TPSA) is 41.8 Å². The molecule has 0 heterocycles. The summed E-state index contributed by atoms with van der Waals surface area (Å²) in [6.07, 6.45) is 1.36. The minimum atomic E-state index is 0.470. The molecule has 2 aromatic rings. The summed E-state index contributed by atoms with van der Waals surface area (Å²) < 4.78 is 8.43. The van der Waals surface area contributed by atoms with E-state index in [-0.39, 0.29) is 0 Å². The van der Waals surface area contributed by atoms with Crippen LogP contribution in [0.1, 0.15) is 11.1 Å². The summed E-state index contributed by atoms with van der Waals surface area (Å²) in [6, 6.07) is 11.6. The van der Waals surface area contributed by atoms with Gasteiger partial charge in [-0.05, 0) is 67.3 Å². The third kappa shape index (κ3) is 4.07. The fraction of sp³-hybridized carbons (Fsp3) is 0.0714. The number of rotatable bonds is 4.